The summed E-state index contributed by atoms with van der Waals surface area (Å²) in [5.41, 5.74) is 0. The summed E-state index contributed by atoms with van der Waals surface area (Å²) in [4.78, 5) is 34.8. The van der Waals surface area contributed by atoms with Crippen molar-refractivity contribution in [3.05, 3.63) is 0 Å². The van der Waals surface area contributed by atoms with Gasteiger partial charge in [-0.2, -0.15) is 0 Å². The molecule has 0 spiro atoms. The number of rotatable bonds is 6. The fraction of sp³-hybridized carbons (Fsp3) is 0.727. The van der Waals surface area contributed by atoms with Crippen LogP contribution in [0.4, 0.5) is 4.79 Å². The summed E-state index contributed by atoms with van der Waals surface area (Å²) in [5, 5.41) is 11.3. The molecule has 0 aliphatic carbocycles. The summed E-state index contributed by atoms with van der Waals surface area (Å²) in [7, 11) is 1.24. The van der Waals surface area contributed by atoms with Crippen LogP contribution >= 0.6 is 0 Å². The maximum atomic E-state index is 11.8. The Bertz CT molecular complexity index is 319. The number of carbonyl (C=O) groups excluding carboxylic acids is 2. The zero-order chi connectivity index (χ0) is 14.3. The minimum atomic E-state index is -0.987. The molecule has 0 radical (unpaired) electrons. The molecule has 0 heterocycles. The number of methoxy groups -OCH3 is 1. The number of nitrogens with one attached hydrogen (secondary N) is 1. The Balaban J connectivity index is 4.44. The second-order valence-electron chi connectivity index (χ2n) is 3.96. The number of hydrogen-bond donors (Lipinski definition) is 2. The third-order valence-electron chi connectivity index (χ3n) is 2.71. The molecule has 0 saturated heterocycles. The standard InChI is InChI=1S/C11H20N2O5/c1-5-13(6-9(14)18-4)11(17)12-8(3)7(2)10(15)16/h7-8H,5-6H2,1-4H3,(H,12,17)(H,15,16). The van der Waals surface area contributed by atoms with Crippen LogP contribution in [0.5, 0.6) is 0 Å². The number of likely N-dealkylation sites (N-methyl/N-ethyl adjacent to an activating group) is 1. The van der Waals surface area contributed by atoms with Gasteiger partial charge in [-0.15, -0.1) is 0 Å². The monoisotopic (exact) mass is 260 g/mol. The molecular formula is C11H20N2O5. The van der Waals surface area contributed by atoms with Crippen LogP contribution in [0.1, 0.15) is 20.8 Å². The Kier molecular flexibility index (Phi) is 6.77. The van der Waals surface area contributed by atoms with Crippen LogP contribution in [0.25, 0.3) is 0 Å². The van der Waals surface area contributed by atoms with Gasteiger partial charge in [0.05, 0.1) is 13.0 Å². The number of urea groups is 1. The first-order chi connectivity index (χ1) is 8.33. The molecule has 7 heteroatoms. The summed E-state index contributed by atoms with van der Waals surface area (Å²) in [5.74, 6) is -2.21. The molecular weight excluding hydrogens is 240 g/mol. The first-order valence-corrected chi connectivity index (χ1v) is 5.68. The highest BCUT2D eigenvalue weighted by atomic mass is 16.5. The Morgan fingerprint density at radius 1 is 1.33 bits per heavy atom. The van der Waals surface area contributed by atoms with Crippen molar-refractivity contribution in [2.75, 3.05) is 20.2 Å². The van der Waals surface area contributed by atoms with Crippen molar-refractivity contribution in [1.29, 1.82) is 0 Å². The molecule has 0 aromatic carbocycles. The van der Waals surface area contributed by atoms with Gasteiger partial charge >= 0.3 is 18.0 Å². The molecule has 0 saturated carbocycles. The van der Waals surface area contributed by atoms with Gasteiger partial charge in [0.2, 0.25) is 0 Å². The zero-order valence-electron chi connectivity index (χ0n) is 11.1. The number of amides is 2. The molecule has 104 valence electrons. The molecule has 0 aliphatic rings. The van der Waals surface area contributed by atoms with Crippen LogP contribution in [-0.2, 0) is 14.3 Å². The maximum absolute atomic E-state index is 11.8. The van der Waals surface area contributed by atoms with Gasteiger partial charge in [0, 0.05) is 12.6 Å². The third-order valence-corrected chi connectivity index (χ3v) is 2.71. The third kappa shape index (κ3) is 5.03. The predicted molar refractivity (Wildman–Crippen MR) is 64.1 cm³/mol. The summed E-state index contributed by atoms with van der Waals surface area (Å²) < 4.78 is 4.47. The number of hydrogen-bond acceptors (Lipinski definition) is 4. The van der Waals surface area contributed by atoms with Crippen LogP contribution < -0.4 is 5.32 Å². The highest BCUT2D eigenvalue weighted by molar-refractivity contribution is 5.81. The van der Waals surface area contributed by atoms with Gasteiger partial charge < -0.3 is 20.1 Å². The maximum Gasteiger partial charge on any atom is 0.325 e. The van der Waals surface area contributed by atoms with E-state index in [0.29, 0.717) is 6.54 Å². The lowest BCUT2D eigenvalue weighted by Crippen LogP contribution is -2.48. The Hall–Kier alpha value is -1.79. The smallest absolute Gasteiger partial charge is 0.325 e. The number of carboxylic acids is 1. The lowest BCUT2D eigenvalue weighted by atomic mass is 10.0. The number of ether oxygens (including phenoxy) is 1. The van der Waals surface area contributed by atoms with E-state index in [1.165, 1.54) is 18.9 Å². The zero-order valence-corrected chi connectivity index (χ0v) is 11.1. The van der Waals surface area contributed by atoms with E-state index in [1.54, 1.807) is 13.8 Å². The van der Waals surface area contributed by atoms with E-state index in [2.05, 4.69) is 10.1 Å². The van der Waals surface area contributed by atoms with Crippen molar-refractivity contribution in [1.82, 2.24) is 10.2 Å². The molecule has 0 aromatic rings. The van der Waals surface area contributed by atoms with Crippen molar-refractivity contribution in [3.8, 4) is 0 Å². The Morgan fingerprint density at radius 3 is 2.28 bits per heavy atom. The van der Waals surface area contributed by atoms with E-state index < -0.39 is 29.9 Å². The minimum absolute atomic E-state index is 0.160. The second-order valence-corrected chi connectivity index (χ2v) is 3.96. The number of esters is 1. The molecule has 18 heavy (non-hydrogen) atoms. The van der Waals surface area contributed by atoms with Gasteiger partial charge in [0.1, 0.15) is 6.54 Å². The lowest BCUT2D eigenvalue weighted by molar-refractivity contribution is -0.142. The largest absolute Gasteiger partial charge is 0.481 e. The van der Waals surface area contributed by atoms with E-state index in [0.717, 1.165) is 0 Å². The molecule has 0 aromatic heterocycles. The van der Waals surface area contributed by atoms with Crippen molar-refractivity contribution >= 4 is 18.0 Å². The topological polar surface area (TPSA) is 95.9 Å². The molecule has 2 atom stereocenters. The molecule has 2 amide bonds. The predicted octanol–water partition coefficient (Wildman–Crippen LogP) is 0.300. The van der Waals surface area contributed by atoms with Gasteiger partial charge in [0.25, 0.3) is 0 Å². The van der Waals surface area contributed by atoms with Gasteiger partial charge in [-0.05, 0) is 20.8 Å². The van der Waals surface area contributed by atoms with E-state index >= 15 is 0 Å². The average Bonchev–Trinajstić information content (AvgIpc) is 2.33. The quantitative estimate of drug-likeness (QED) is 0.670. The first kappa shape index (κ1) is 16.2. The average molecular weight is 260 g/mol. The summed E-state index contributed by atoms with van der Waals surface area (Å²) >= 11 is 0. The molecule has 2 N–H and O–H groups in total. The number of carboxylic acid groups (broad SMARTS) is 1. The highest BCUT2D eigenvalue weighted by Gasteiger charge is 2.23. The number of aliphatic carboxylic acids is 1. The van der Waals surface area contributed by atoms with Crippen LogP contribution in [0, 0.1) is 5.92 Å². The van der Waals surface area contributed by atoms with Gasteiger partial charge in [-0.1, -0.05) is 0 Å². The second kappa shape index (κ2) is 7.52. The summed E-state index contributed by atoms with van der Waals surface area (Å²) in [6, 6.07) is -1.01. The fourth-order valence-electron chi connectivity index (χ4n) is 1.17. The molecule has 0 fully saturated rings. The Labute approximate surface area is 106 Å². The van der Waals surface area contributed by atoms with E-state index in [-0.39, 0.29) is 6.54 Å². The highest BCUT2D eigenvalue weighted by Crippen LogP contribution is 2.03. The van der Waals surface area contributed by atoms with Crippen molar-refractivity contribution < 1.29 is 24.2 Å². The molecule has 7 nitrogen and oxygen atoms in total. The SMILES string of the molecule is CCN(CC(=O)OC)C(=O)NC(C)C(C)C(=O)O. The van der Waals surface area contributed by atoms with Crippen molar-refractivity contribution in [2.24, 2.45) is 5.92 Å². The van der Waals surface area contributed by atoms with Gasteiger partial charge in [0.15, 0.2) is 0 Å². The van der Waals surface area contributed by atoms with Crippen molar-refractivity contribution in [2.45, 2.75) is 26.8 Å². The van der Waals surface area contributed by atoms with Crippen LogP contribution in [-0.4, -0.2) is 54.2 Å². The van der Waals surface area contributed by atoms with E-state index in [4.69, 9.17) is 5.11 Å². The fourth-order valence-corrected chi connectivity index (χ4v) is 1.17. The van der Waals surface area contributed by atoms with Crippen LogP contribution in [0.15, 0.2) is 0 Å². The first-order valence-electron chi connectivity index (χ1n) is 5.68. The van der Waals surface area contributed by atoms with E-state index in [1.807, 2.05) is 0 Å². The van der Waals surface area contributed by atoms with E-state index in [9.17, 15) is 14.4 Å². The van der Waals surface area contributed by atoms with Gasteiger partial charge in [-0.3, -0.25) is 9.59 Å². The van der Waals surface area contributed by atoms with Gasteiger partial charge in [-0.25, -0.2) is 4.79 Å². The number of carbonyl (C=O) groups is 3. The van der Waals surface area contributed by atoms with Crippen LogP contribution in [0.2, 0.25) is 0 Å². The molecule has 0 aliphatic heterocycles. The number of nitrogens with zero attached hydrogens (tertiary/aromatic N) is 1. The lowest BCUT2D eigenvalue weighted by Gasteiger charge is -2.24. The summed E-state index contributed by atoms with van der Waals surface area (Å²) in [6.45, 7) is 4.99. The normalized spacial score (nSPS) is 13.3. The van der Waals surface area contributed by atoms with Crippen molar-refractivity contribution in [3.63, 3.8) is 0 Å². The Morgan fingerprint density at radius 2 is 1.89 bits per heavy atom. The summed E-state index contributed by atoms with van der Waals surface area (Å²) in [6.07, 6.45) is 0. The molecule has 2 unspecified atom stereocenters. The molecule has 0 rings (SSSR count). The van der Waals surface area contributed by atoms with Crippen LogP contribution in [0.3, 0.4) is 0 Å². The molecule has 0 bridgehead atoms. The minimum Gasteiger partial charge on any atom is -0.481 e.